The Bertz CT molecular complexity index is 191. The van der Waals surface area contributed by atoms with Crippen LogP contribution in [0.1, 0.15) is 46.0 Å². The summed E-state index contributed by atoms with van der Waals surface area (Å²) in [6.45, 7) is 5.17. The van der Waals surface area contributed by atoms with E-state index in [0.717, 1.165) is 12.8 Å². The summed E-state index contributed by atoms with van der Waals surface area (Å²) < 4.78 is 5.09. The normalized spacial score (nSPS) is 13.6. The lowest BCUT2D eigenvalue weighted by atomic mass is 10.0. The predicted molar refractivity (Wildman–Crippen MR) is 73.2 cm³/mol. The fourth-order valence-corrected chi connectivity index (χ4v) is 1.43. The first-order valence-electron chi connectivity index (χ1n) is 6.24. The Morgan fingerprint density at radius 2 is 1.94 bits per heavy atom. The summed E-state index contributed by atoms with van der Waals surface area (Å²) >= 11 is 0. The van der Waals surface area contributed by atoms with Crippen LogP contribution in [0.4, 0.5) is 0 Å². The van der Waals surface area contributed by atoms with Crippen LogP contribution in [-0.4, -0.2) is 25.2 Å². The van der Waals surface area contributed by atoms with Crippen LogP contribution in [0.3, 0.4) is 0 Å². The van der Waals surface area contributed by atoms with Gasteiger partial charge < -0.3 is 16.2 Å². The van der Waals surface area contributed by atoms with Crippen LogP contribution in [0.15, 0.2) is 0 Å². The number of esters is 1. The number of nitrogens with two attached hydrogens (primary N) is 2. The monoisotopic (exact) mass is 266 g/mol. The van der Waals surface area contributed by atoms with Gasteiger partial charge in [-0.15, -0.1) is 12.4 Å². The number of ether oxygens (including phenoxy) is 1. The Labute approximate surface area is 111 Å². The maximum Gasteiger partial charge on any atom is 0.322 e. The lowest BCUT2D eigenvalue weighted by molar-refractivity contribution is -0.145. The summed E-state index contributed by atoms with van der Waals surface area (Å²) in [5.74, 6) is -0.0283. The van der Waals surface area contributed by atoms with Crippen molar-refractivity contribution in [3.8, 4) is 0 Å². The Kier molecular flexibility index (Phi) is 13.6. The first-order chi connectivity index (χ1) is 7.61. The highest BCUT2D eigenvalue weighted by molar-refractivity contribution is 5.85. The van der Waals surface area contributed by atoms with E-state index in [1.807, 2.05) is 6.92 Å². The van der Waals surface area contributed by atoms with Crippen LogP contribution in [0.2, 0.25) is 0 Å². The van der Waals surface area contributed by atoms with Crippen molar-refractivity contribution in [2.45, 2.75) is 52.0 Å². The zero-order valence-corrected chi connectivity index (χ0v) is 11.8. The van der Waals surface area contributed by atoms with Crippen LogP contribution >= 0.6 is 12.4 Å². The molecule has 4 N–H and O–H groups in total. The molecular weight excluding hydrogens is 240 g/mol. The number of hydrogen-bond acceptors (Lipinski definition) is 4. The van der Waals surface area contributed by atoms with E-state index >= 15 is 0 Å². The number of unbranched alkanes of at least 4 members (excludes halogenated alkanes) is 3. The van der Waals surface area contributed by atoms with Gasteiger partial charge in [0.05, 0.1) is 6.61 Å². The van der Waals surface area contributed by atoms with Crippen LogP contribution < -0.4 is 11.5 Å². The first kappa shape index (κ1) is 19.0. The zero-order chi connectivity index (χ0) is 12.4. The van der Waals surface area contributed by atoms with Crippen molar-refractivity contribution in [1.29, 1.82) is 0 Å². The molecule has 4 nitrogen and oxygen atoms in total. The molecule has 0 saturated carbocycles. The highest BCUT2D eigenvalue weighted by atomic mass is 35.5. The van der Waals surface area contributed by atoms with Gasteiger partial charge in [0.2, 0.25) is 0 Å². The van der Waals surface area contributed by atoms with Gasteiger partial charge in [0.1, 0.15) is 6.04 Å². The molecule has 0 heterocycles. The van der Waals surface area contributed by atoms with Crippen molar-refractivity contribution < 1.29 is 9.53 Å². The van der Waals surface area contributed by atoms with Crippen molar-refractivity contribution in [2.75, 3.05) is 13.2 Å². The molecule has 104 valence electrons. The van der Waals surface area contributed by atoms with Gasteiger partial charge in [0.25, 0.3) is 0 Å². The Morgan fingerprint density at radius 3 is 2.47 bits per heavy atom. The smallest absolute Gasteiger partial charge is 0.322 e. The van der Waals surface area contributed by atoms with Crippen LogP contribution in [-0.2, 0) is 9.53 Å². The van der Waals surface area contributed by atoms with Gasteiger partial charge in [-0.2, -0.15) is 0 Å². The largest absolute Gasteiger partial charge is 0.465 e. The summed E-state index contributed by atoms with van der Waals surface area (Å²) in [6.07, 6.45) is 5.01. The molecule has 2 atom stereocenters. The molecule has 0 radical (unpaired) electrons. The van der Waals surface area contributed by atoms with E-state index in [1.54, 1.807) is 0 Å². The van der Waals surface area contributed by atoms with Crippen LogP contribution in [0.5, 0.6) is 0 Å². The van der Waals surface area contributed by atoms with E-state index in [0.29, 0.717) is 19.6 Å². The third-order valence-electron chi connectivity index (χ3n) is 2.60. The van der Waals surface area contributed by atoms with E-state index in [1.165, 1.54) is 12.8 Å². The molecule has 0 aliphatic carbocycles. The second-order valence-corrected chi connectivity index (χ2v) is 4.41. The quantitative estimate of drug-likeness (QED) is 0.493. The van der Waals surface area contributed by atoms with E-state index < -0.39 is 6.04 Å². The third-order valence-corrected chi connectivity index (χ3v) is 2.60. The zero-order valence-electron chi connectivity index (χ0n) is 11.0. The lowest BCUT2D eigenvalue weighted by Crippen LogP contribution is -2.35. The van der Waals surface area contributed by atoms with Crippen LogP contribution in [0, 0.1) is 5.92 Å². The van der Waals surface area contributed by atoms with Gasteiger partial charge in [-0.1, -0.05) is 33.1 Å². The Hall–Kier alpha value is -0.320. The van der Waals surface area contributed by atoms with Gasteiger partial charge in [0, 0.05) is 0 Å². The minimum absolute atomic E-state index is 0. The molecule has 0 aromatic rings. The van der Waals surface area contributed by atoms with E-state index in [9.17, 15) is 4.79 Å². The lowest BCUT2D eigenvalue weighted by Gasteiger charge is -2.14. The first-order valence-corrected chi connectivity index (χ1v) is 6.24. The summed E-state index contributed by atoms with van der Waals surface area (Å²) in [4.78, 5) is 11.4. The van der Waals surface area contributed by atoms with E-state index in [-0.39, 0.29) is 24.3 Å². The molecule has 17 heavy (non-hydrogen) atoms. The van der Waals surface area contributed by atoms with Crippen molar-refractivity contribution >= 4 is 18.4 Å². The molecule has 0 aromatic heterocycles. The molecule has 0 amide bonds. The summed E-state index contributed by atoms with van der Waals surface area (Å²) in [5.41, 5.74) is 11.2. The summed E-state index contributed by atoms with van der Waals surface area (Å²) in [5, 5.41) is 0. The second-order valence-electron chi connectivity index (χ2n) is 4.41. The van der Waals surface area contributed by atoms with Gasteiger partial charge in [-0.05, 0) is 25.3 Å². The number of carbonyl (C=O) groups excluding carboxylic acids is 1. The fraction of sp³-hybridized carbons (Fsp3) is 0.917. The highest BCUT2D eigenvalue weighted by Crippen LogP contribution is 2.05. The molecular formula is C12H27ClN2O2. The highest BCUT2D eigenvalue weighted by Gasteiger charge is 2.17. The SMILES string of the molecule is CCCCCCOC(=O)[C@@H](N)CC(C)CN.Cl. The molecule has 0 saturated heterocycles. The van der Waals surface area contributed by atoms with Gasteiger partial charge in [-0.25, -0.2) is 0 Å². The van der Waals surface area contributed by atoms with Crippen molar-refractivity contribution in [3.05, 3.63) is 0 Å². The molecule has 0 bridgehead atoms. The Balaban J connectivity index is 0. The minimum atomic E-state index is -0.523. The average Bonchev–Trinajstić information content (AvgIpc) is 2.28. The minimum Gasteiger partial charge on any atom is -0.465 e. The van der Waals surface area contributed by atoms with E-state index in [4.69, 9.17) is 16.2 Å². The Morgan fingerprint density at radius 1 is 1.29 bits per heavy atom. The summed E-state index contributed by atoms with van der Waals surface area (Å²) in [7, 11) is 0. The number of hydrogen-bond donors (Lipinski definition) is 2. The fourth-order valence-electron chi connectivity index (χ4n) is 1.43. The molecule has 0 fully saturated rings. The maximum absolute atomic E-state index is 11.4. The van der Waals surface area contributed by atoms with Gasteiger partial charge >= 0.3 is 5.97 Å². The van der Waals surface area contributed by atoms with Crippen molar-refractivity contribution in [3.63, 3.8) is 0 Å². The van der Waals surface area contributed by atoms with Gasteiger partial charge in [0.15, 0.2) is 0 Å². The third kappa shape index (κ3) is 10.5. The molecule has 0 aliphatic heterocycles. The molecule has 0 spiro atoms. The predicted octanol–water partition coefficient (Wildman–Crippen LogP) is 1.84. The number of halogens is 1. The van der Waals surface area contributed by atoms with Crippen LogP contribution in [0.25, 0.3) is 0 Å². The second kappa shape index (κ2) is 12.1. The number of rotatable bonds is 9. The summed E-state index contributed by atoms with van der Waals surface area (Å²) in [6, 6.07) is -0.523. The average molecular weight is 267 g/mol. The molecule has 1 unspecified atom stereocenters. The van der Waals surface area contributed by atoms with Gasteiger partial charge in [-0.3, -0.25) is 4.79 Å². The van der Waals surface area contributed by atoms with Crippen molar-refractivity contribution in [1.82, 2.24) is 0 Å². The maximum atomic E-state index is 11.4. The number of carbonyl (C=O) groups is 1. The van der Waals surface area contributed by atoms with Crippen molar-refractivity contribution in [2.24, 2.45) is 17.4 Å². The van der Waals surface area contributed by atoms with E-state index in [2.05, 4.69) is 6.92 Å². The standard InChI is InChI=1S/C12H26N2O2.ClH/c1-3-4-5-6-7-16-12(15)11(14)8-10(2)9-13;/h10-11H,3-9,13-14H2,1-2H3;1H/t10?,11-;/m0./s1. The molecule has 0 rings (SSSR count). The molecule has 0 aliphatic rings. The topological polar surface area (TPSA) is 78.3 Å². The molecule has 0 aromatic carbocycles. The molecule has 5 heteroatoms.